The fourth-order valence-electron chi connectivity index (χ4n) is 1.04. The van der Waals surface area contributed by atoms with Crippen molar-refractivity contribution < 1.29 is 13.9 Å². The first kappa shape index (κ1) is 11.7. The Morgan fingerprint density at radius 2 is 2.14 bits per heavy atom. The predicted octanol–water partition coefficient (Wildman–Crippen LogP) is 1.57. The zero-order chi connectivity index (χ0) is 10.7. The number of aliphatic hydroxyl groups excluding tert-OH is 1. The van der Waals surface area contributed by atoms with E-state index < -0.39 is 13.0 Å². The molecule has 3 nitrogen and oxygen atoms in total. The van der Waals surface area contributed by atoms with E-state index >= 15 is 0 Å². The molecule has 1 rings (SSSR count). The van der Waals surface area contributed by atoms with E-state index in [2.05, 4.69) is 4.98 Å². The topological polar surface area (TPSA) is 59.1 Å². The van der Waals surface area contributed by atoms with Crippen molar-refractivity contribution in [3.63, 3.8) is 0 Å². The van der Waals surface area contributed by atoms with Crippen molar-refractivity contribution in [1.82, 2.24) is 4.98 Å². The molecular weight excluding hydrogens is 305 g/mol. The summed E-state index contributed by atoms with van der Waals surface area (Å²) in [7, 11) is 0. The number of nitrogens with zero attached hydrogens (tertiary/aromatic N) is 1. The number of hydrogen-bond donors (Lipinski definition) is 2. The van der Waals surface area contributed by atoms with Crippen LogP contribution in [0, 0.1) is 3.57 Å². The van der Waals surface area contributed by atoms with Gasteiger partial charge >= 0.3 is 0 Å². The minimum atomic E-state index is -2.62. The zero-order valence-corrected chi connectivity index (χ0v) is 9.33. The van der Waals surface area contributed by atoms with E-state index in [0.717, 1.165) is 0 Å². The molecule has 0 aliphatic carbocycles. The molecule has 0 aromatic carbocycles. The third kappa shape index (κ3) is 2.37. The first-order valence-corrected chi connectivity index (χ1v) is 4.95. The monoisotopic (exact) mass is 314 g/mol. The highest BCUT2D eigenvalue weighted by atomic mass is 127. The van der Waals surface area contributed by atoms with E-state index in [1.165, 1.54) is 6.07 Å². The fraction of sp³-hybridized carbons (Fsp3) is 0.375. The summed E-state index contributed by atoms with van der Waals surface area (Å²) in [5, 5.41) is 8.84. The van der Waals surface area contributed by atoms with Crippen molar-refractivity contribution >= 4 is 22.6 Å². The largest absolute Gasteiger partial charge is 0.390 e. The second kappa shape index (κ2) is 4.94. The second-order valence-corrected chi connectivity index (χ2v) is 3.78. The lowest BCUT2D eigenvalue weighted by Gasteiger charge is -2.09. The molecule has 0 radical (unpaired) electrons. The molecule has 0 saturated heterocycles. The second-order valence-electron chi connectivity index (χ2n) is 2.62. The molecule has 0 amide bonds. The van der Waals surface area contributed by atoms with Crippen molar-refractivity contribution in [3.8, 4) is 0 Å². The van der Waals surface area contributed by atoms with Gasteiger partial charge < -0.3 is 10.8 Å². The van der Waals surface area contributed by atoms with Crippen molar-refractivity contribution in [1.29, 1.82) is 0 Å². The maximum atomic E-state index is 12.4. The predicted molar refractivity (Wildman–Crippen MR) is 55.7 cm³/mol. The number of aromatic nitrogens is 1. The van der Waals surface area contributed by atoms with Crippen LogP contribution in [0.4, 0.5) is 8.78 Å². The molecule has 0 saturated carbocycles. The van der Waals surface area contributed by atoms with Gasteiger partial charge in [-0.3, -0.25) is 4.98 Å². The Bertz CT molecular complexity index is 333. The number of aliphatic hydroxyl groups is 1. The number of alkyl halides is 2. The van der Waals surface area contributed by atoms with Crippen molar-refractivity contribution in [3.05, 3.63) is 26.6 Å². The van der Waals surface area contributed by atoms with Crippen LogP contribution in [-0.4, -0.2) is 10.1 Å². The van der Waals surface area contributed by atoms with Crippen LogP contribution in [0.1, 0.15) is 23.4 Å². The van der Waals surface area contributed by atoms with Gasteiger partial charge in [-0.25, -0.2) is 8.78 Å². The number of nitrogens with two attached hydrogens (primary N) is 1. The highest BCUT2D eigenvalue weighted by molar-refractivity contribution is 14.1. The Balaban J connectivity index is 3.24. The van der Waals surface area contributed by atoms with Crippen LogP contribution in [0.25, 0.3) is 0 Å². The van der Waals surface area contributed by atoms with E-state index in [1.54, 1.807) is 0 Å². The Morgan fingerprint density at radius 1 is 1.50 bits per heavy atom. The molecule has 0 aliphatic rings. The van der Waals surface area contributed by atoms with Crippen molar-refractivity contribution in [2.45, 2.75) is 19.6 Å². The maximum absolute atomic E-state index is 12.4. The minimum absolute atomic E-state index is 0.000802. The number of pyridine rings is 1. The van der Waals surface area contributed by atoms with Crippen molar-refractivity contribution in [2.24, 2.45) is 5.73 Å². The molecule has 3 N–H and O–H groups in total. The minimum Gasteiger partial charge on any atom is -0.390 e. The molecule has 6 heteroatoms. The quantitative estimate of drug-likeness (QED) is 0.833. The molecule has 0 fully saturated rings. The molecule has 14 heavy (non-hydrogen) atoms. The summed E-state index contributed by atoms with van der Waals surface area (Å²) >= 11 is 1.89. The average molecular weight is 314 g/mol. The normalized spacial score (nSPS) is 11.0. The number of hydrogen-bond acceptors (Lipinski definition) is 3. The van der Waals surface area contributed by atoms with Gasteiger partial charge in [-0.15, -0.1) is 0 Å². The summed E-state index contributed by atoms with van der Waals surface area (Å²) in [6, 6.07) is 1.31. The Hall–Kier alpha value is -0.340. The van der Waals surface area contributed by atoms with Gasteiger partial charge in [0.15, 0.2) is 0 Å². The maximum Gasteiger partial charge on any atom is 0.265 e. The van der Waals surface area contributed by atoms with Crippen LogP contribution in [0.15, 0.2) is 6.07 Å². The third-order valence-corrected chi connectivity index (χ3v) is 2.67. The molecule has 0 bridgehead atoms. The Morgan fingerprint density at radius 3 is 2.57 bits per heavy atom. The first-order valence-electron chi connectivity index (χ1n) is 3.87. The highest BCUT2D eigenvalue weighted by Gasteiger charge is 2.16. The summed E-state index contributed by atoms with van der Waals surface area (Å²) in [5.74, 6) is 0. The summed E-state index contributed by atoms with van der Waals surface area (Å²) in [4.78, 5) is 3.87. The van der Waals surface area contributed by atoms with Crippen molar-refractivity contribution in [2.75, 3.05) is 0 Å². The van der Waals surface area contributed by atoms with E-state index in [0.29, 0.717) is 9.26 Å². The molecule has 1 aromatic heterocycles. The van der Waals surface area contributed by atoms with Gasteiger partial charge in [-0.2, -0.15) is 0 Å². The van der Waals surface area contributed by atoms with Crippen LogP contribution in [0.2, 0.25) is 0 Å². The summed E-state index contributed by atoms with van der Waals surface area (Å²) in [5.41, 5.74) is 5.66. The van der Waals surface area contributed by atoms with E-state index in [4.69, 9.17) is 10.8 Å². The molecule has 78 valence electrons. The van der Waals surface area contributed by atoms with Crippen LogP contribution in [0.5, 0.6) is 0 Å². The number of halogens is 3. The Labute approximate surface area is 93.5 Å². The smallest absolute Gasteiger partial charge is 0.265 e. The number of rotatable bonds is 3. The van der Waals surface area contributed by atoms with Gasteiger partial charge in [-0.1, -0.05) is 0 Å². The molecule has 0 atom stereocenters. The zero-order valence-electron chi connectivity index (χ0n) is 7.17. The van der Waals surface area contributed by atoms with Gasteiger partial charge in [0.05, 0.1) is 18.0 Å². The lowest BCUT2D eigenvalue weighted by Crippen LogP contribution is -2.08. The van der Waals surface area contributed by atoms with Gasteiger partial charge in [-0.05, 0) is 28.7 Å². The molecule has 1 heterocycles. The molecule has 1 aromatic rings. The lowest BCUT2D eigenvalue weighted by atomic mass is 10.2. The average Bonchev–Trinajstić information content (AvgIpc) is 2.17. The van der Waals surface area contributed by atoms with Crippen LogP contribution in [-0.2, 0) is 13.2 Å². The van der Waals surface area contributed by atoms with E-state index in [1.807, 2.05) is 22.6 Å². The van der Waals surface area contributed by atoms with Gasteiger partial charge in [0.2, 0.25) is 0 Å². The fourth-order valence-corrected chi connectivity index (χ4v) is 1.72. The first-order chi connectivity index (χ1) is 6.60. The summed E-state index contributed by atoms with van der Waals surface area (Å²) in [6.45, 7) is -0.321. The van der Waals surface area contributed by atoms with Gasteiger partial charge in [0.25, 0.3) is 6.43 Å². The van der Waals surface area contributed by atoms with E-state index in [-0.39, 0.29) is 17.8 Å². The molecule has 0 unspecified atom stereocenters. The van der Waals surface area contributed by atoms with Gasteiger partial charge in [0, 0.05) is 15.7 Å². The van der Waals surface area contributed by atoms with Crippen LogP contribution < -0.4 is 5.73 Å². The van der Waals surface area contributed by atoms with Crippen LogP contribution >= 0.6 is 22.6 Å². The van der Waals surface area contributed by atoms with Gasteiger partial charge in [0.1, 0.15) is 0 Å². The molecular formula is C8H9F2IN2O. The molecule has 0 spiro atoms. The highest BCUT2D eigenvalue weighted by Crippen LogP contribution is 2.25. The Kier molecular flexibility index (Phi) is 4.14. The summed E-state index contributed by atoms with van der Waals surface area (Å²) < 4.78 is 25.5. The third-order valence-electron chi connectivity index (χ3n) is 1.74. The molecule has 0 aliphatic heterocycles. The van der Waals surface area contributed by atoms with Crippen LogP contribution in [0.3, 0.4) is 0 Å². The summed E-state index contributed by atoms with van der Waals surface area (Å²) in [6.07, 6.45) is -2.62. The lowest BCUT2D eigenvalue weighted by molar-refractivity contribution is 0.146. The SMILES string of the molecule is NCc1nc(CO)c(C(F)F)cc1I. The van der Waals surface area contributed by atoms with E-state index in [9.17, 15) is 8.78 Å². The standard InChI is InChI=1S/C8H9F2IN2O/c9-8(10)4-1-5(11)6(2-12)13-7(4)3-14/h1,8,14H,2-3,12H2.